The van der Waals surface area contributed by atoms with Crippen LogP contribution < -0.4 is 5.73 Å². The van der Waals surface area contributed by atoms with Crippen LogP contribution >= 0.6 is 0 Å². The van der Waals surface area contributed by atoms with E-state index in [0.717, 1.165) is 17.8 Å². The van der Waals surface area contributed by atoms with Crippen molar-refractivity contribution in [3.63, 3.8) is 0 Å². The highest BCUT2D eigenvalue weighted by Crippen LogP contribution is 2.20. The molecule has 2 aromatic rings. The minimum absolute atomic E-state index is 0.252. The van der Waals surface area contributed by atoms with Gasteiger partial charge in [0.25, 0.3) is 5.91 Å². The van der Waals surface area contributed by atoms with Gasteiger partial charge < -0.3 is 10.6 Å². The maximum Gasteiger partial charge on any atom is 0.259 e. The number of rotatable bonds is 4. The first-order valence-corrected chi connectivity index (χ1v) is 6.39. The smallest absolute Gasteiger partial charge is 0.259 e. The Labute approximate surface area is 121 Å². The fourth-order valence-electron chi connectivity index (χ4n) is 1.89. The van der Waals surface area contributed by atoms with Crippen LogP contribution in [0.15, 0.2) is 36.5 Å². The Morgan fingerprint density at radius 2 is 2.05 bits per heavy atom. The highest BCUT2D eigenvalue weighted by molar-refractivity contribution is 5.95. The number of carbonyl (C=O) groups is 1. The van der Waals surface area contributed by atoms with E-state index in [1.807, 2.05) is 12.1 Å². The summed E-state index contributed by atoms with van der Waals surface area (Å²) in [5.74, 6) is -2.69. The van der Waals surface area contributed by atoms with Gasteiger partial charge in [-0.05, 0) is 24.3 Å². The Morgan fingerprint density at radius 3 is 2.71 bits per heavy atom. The number of nitrogens with zero attached hydrogens (tertiary/aromatic N) is 2. The predicted octanol–water partition coefficient (Wildman–Crippen LogP) is 2.26. The van der Waals surface area contributed by atoms with Crippen molar-refractivity contribution in [1.82, 2.24) is 9.88 Å². The number of pyridine rings is 1. The van der Waals surface area contributed by atoms with Crippen LogP contribution in [0.25, 0.3) is 0 Å². The van der Waals surface area contributed by atoms with E-state index in [0.29, 0.717) is 13.0 Å². The number of likely N-dealkylation sites (N-methyl/N-ethyl adjacent to an activating group) is 1. The molecule has 0 saturated carbocycles. The molecule has 0 atom stereocenters. The summed E-state index contributed by atoms with van der Waals surface area (Å²) < 4.78 is 27.5. The molecule has 0 unspecified atom stereocenters. The number of halogens is 2. The molecule has 21 heavy (non-hydrogen) atoms. The number of hydrogen-bond donors (Lipinski definition) is 1. The Hall–Kier alpha value is -2.50. The van der Waals surface area contributed by atoms with E-state index in [2.05, 4.69) is 4.98 Å². The van der Waals surface area contributed by atoms with Crippen LogP contribution in [0.3, 0.4) is 0 Å². The van der Waals surface area contributed by atoms with E-state index in [1.165, 1.54) is 11.9 Å². The van der Waals surface area contributed by atoms with Gasteiger partial charge in [-0.3, -0.25) is 9.78 Å². The van der Waals surface area contributed by atoms with Gasteiger partial charge in [-0.15, -0.1) is 0 Å². The van der Waals surface area contributed by atoms with Crippen molar-refractivity contribution in [2.75, 3.05) is 19.3 Å². The largest absolute Gasteiger partial charge is 0.396 e. The van der Waals surface area contributed by atoms with Gasteiger partial charge in [0.1, 0.15) is 11.4 Å². The molecule has 0 aliphatic carbocycles. The zero-order valence-electron chi connectivity index (χ0n) is 11.5. The maximum atomic E-state index is 13.8. The normalized spacial score (nSPS) is 10.4. The fraction of sp³-hybridized carbons (Fsp3) is 0.200. The van der Waals surface area contributed by atoms with Crippen LogP contribution in [0.5, 0.6) is 0 Å². The molecule has 6 heteroatoms. The topological polar surface area (TPSA) is 59.2 Å². The van der Waals surface area contributed by atoms with Crippen molar-refractivity contribution in [2.24, 2.45) is 0 Å². The summed E-state index contributed by atoms with van der Waals surface area (Å²) in [7, 11) is 1.48. The standard InChI is InChI=1S/C15H15F2N3O/c1-20(9-7-10-4-2-3-8-19-10)15(21)13-11(16)5-6-12(18)14(13)17/h2-6,8H,7,9,18H2,1H3. The molecule has 0 radical (unpaired) electrons. The van der Waals surface area contributed by atoms with Gasteiger partial charge in [0.2, 0.25) is 0 Å². The summed E-state index contributed by atoms with van der Waals surface area (Å²) in [4.78, 5) is 17.5. The number of nitrogens with two attached hydrogens (primary N) is 1. The molecule has 0 aliphatic heterocycles. The average Bonchev–Trinajstić information content (AvgIpc) is 2.50. The molecule has 1 aromatic heterocycles. The highest BCUT2D eigenvalue weighted by Gasteiger charge is 2.22. The van der Waals surface area contributed by atoms with Crippen molar-refractivity contribution >= 4 is 11.6 Å². The van der Waals surface area contributed by atoms with E-state index in [9.17, 15) is 13.6 Å². The van der Waals surface area contributed by atoms with Crippen molar-refractivity contribution in [1.29, 1.82) is 0 Å². The van der Waals surface area contributed by atoms with Gasteiger partial charge in [-0.2, -0.15) is 0 Å². The predicted molar refractivity (Wildman–Crippen MR) is 75.7 cm³/mol. The van der Waals surface area contributed by atoms with Crippen LogP contribution in [0.1, 0.15) is 16.1 Å². The zero-order valence-corrected chi connectivity index (χ0v) is 11.5. The number of nitrogen functional groups attached to an aromatic ring is 1. The quantitative estimate of drug-likeness (QED) is 0.879. The summed E-state index contributed by atoms with van der Waals surface area (Å²) in [6.07, 6.45) is 2.14. The lowest BCUT2D eigenvalue weighted by atomic mass is 10.1. The minimum atomic E-state index is -1.02. The number of amides is 1. The van der Waals surface area contributed by atoms with Gasteiger partial charge in [0, 0.05) is 31.9 Å². The summed E-state index contributed by atoms with van der Waals surface area (Å²) >= 11 is 0. The highest BCUT2D eigenvalue weighted by atomic mass is 19.1. The second-order valence-electron chi connectivity index (χ2n) is 4.62. The van der Waals surface area contributed by atoms with E-state index >= 15 is 0 Å². The molecule has 1 aromatic carbocycles. The minimum Gasteiger partial charge on any atom is -0.396 e. The van der Waals surface area contributed by atoms with Gasteiger partial charge in [-0.1, -0.05) is 6.07 Å². The Bertz CT molecular complexity index is 647. The van der Waals surface area contributed by atoms with Crippen molar-refractivity contribution in [3.05, 3.63) is 59.4 Å². The van der Waals surface area contributed by atoms with E-state index in [1.54, 1.807) is 12.3 Å². The van der Waals surface area contributed by atoms with Crippen molar-refractivity contribution < 1.29 is 13.6 Å². The number of carbonyl (C=O) groups excluding carboxylic acids is 1. The third kappa shape index (κ3) is 3.34. The van der Waals surface area contributed by atoms with Crippen molar-refractivity contribution in [2.45, 2.75) is 6.42 Å². The molecule has 0 fully saturated rings. The Balaban J connectivity index is 2.11. The molecule has 1 amide bonds. The van der Waals surface area contributed by atoms with E-state index in [4.69, 9.17) is 5.73 Å². The Morgan fingerprint density at radius 1 is 1.29 bits per heavy atom. The van der Waals surface area contributed by atoms with Gasteiger partial charge in [0.15, 0.2) is 5.82 Å². The third-order valence-electron chi connectivity index (χ3n) is 3.11. The summed E-state index contributed by atoms with van der Waals surface area (Å²) in [6, 6.07) is 7.52. The Kier molecular flexibility index (Phi) is 4.47. The first kappa shape index (κ1) is 14.9. The molecule has 110 valence electrons. The van der Waals surface area contributed by atoms with Crippen LogP contribution in [-0.4, -0.2) is 29.4 Å². The van der Waals surface area contributed by atoms with Crippen molar-refractivity contribution in [3.8, 4) is 0 Å². The maximum absolute atomic E-state index is 13.8. The zero-order chi connectivity index (χ0) is 15.4. The van der Waals surface area contributed by atoms with Crippen LogP contribution in [-0.2, 0) is 6.42 Å². The number of hydrogen-bond acceptors (Lipinski definition) is 3. The van der Waals surface area contributed by atoms with Crippen LogP contribution in [0, 0.1) is 11.6 Å². The van der Waals surface area contributed by atoms with E-state index < -0.39 is 23.1 Å². The second kappa shape index (κ2) is 6.30. The van der Waals surface area contributed by atoms with Gasteiger partial charge in [0.05, 0.1) is 5.69 Å². The van der Waals surface area contributed by atoms with Gasteiger partial charge in [-0.25, -0.2) is 8.78 Å². The first-order valence-electron chi connectivity index (χ1n) is 6.39. The van der Waals surface area contributed by atoms with Gasteiger partial charge >= 0.3 is 0 Å². The molecular formula is C15H15F2N3O. The molecule has 0 saturated heterocycles. The SMILES string of the molecule is CN(CCc1ccccn1)C(=O)c1c(F)ccc(N)c1F. The third-order valence-corrected chi connectivity index (χ3v) is 3.11. The molecular weight excluding hydrogens is 276 g/mol. The van der Waals surface area contributed by atoms with Crippen LogP contribution in [0.2, 0.25) is 0 Å². The molecule has 1 heterocycles. The van der Waals surface area contributed by atoms with E-state index in [-0.39, 0.29) is 5.69 Å². The second-order valence-corrected chi connectivity index (χ2v) is 4.62. The average molecular weight is 291 g/mol. The molecule has 4 nitrogen and oxygen atoms in total. The molecule has 2 N–H and O–H groups in total. The lowest BCUT2D eigenvalue weighted by Gasteiger charge is -2.18. The molecule has 0 bridgehead atoms. The fourth-order valence-corrected chi connectivity index (χ4v) is 1.89. The molecule has 2 rings (SSSR count). The number of anilines is 1. The monoisotopic (exact) mass is 291 g/mol. The molecule has 0 spiro atoms. The summed E-state index contributed by atoms with van der Waals surface area (Å²) in [5, 5.41) is 0. The first-order chi connectivity index (χ1) is 10.0. The molecule has 0 aliphatic rings. The number of benzene rings is 1. The number of aromatic nitrogens is 1. The lowest BCUT2D eigenvalue weighted by Crippen LogP contribution is -2.30. The van der Waals surface area contributed by atoms with Crippen LogP contribution in [0.4, 0.5) is 14.5 Å². The summed E-state index contributed by atoms with van der Waals surface area (Å²) in [6.45, 7) is 0.295. The lowest BCUT2D eigenvalue weighted by molar-refractivity contribution is 0.0787. The summed E-state index contributed by atoms with van der Waals surface area (Å²) in [5.41, 5.74) is 5.29.